The van der Waals surface area contributed by atoms with Gasteiger partial charge in [0.05, 0.1) is 13.2 Å². The third-order valence-corrected chi connectivity index (χ3v) is 3.36. The number of hydrogen-bond donors (Lipinski definition) is 1. The van der Waals surface area contributed by atoms with E-state index in [0.29, 0.717) is 6.04 Å². The largest absolute Gasteiger partial charge is 0.350 e. The normalized spacial score (nSPS) is 18.1. The van der Waals surface area contributed by atoms with Crippen molar-refractivity contribution < 1.29 is 9.47 Å². The van der Waals surface area contributed by atoms with Gasteiger partial charge in [-0.3, -0.25) is 0 Å². The maximum atomic E-state index is 5.52. The van der Waals surface area contributed by atoms with Gasteiger partial charge in [0.25, 0.3) is 0 Å². The van der Waals surface area contributed by atoms with Gasteiger partial charge in [0.1, 0.15) is 0 Å². The van der Waals surface area contributed by atoms with Gasteiger partial charge in [0, 0.05) is 12.5 Å². The molecular weight excluding hydrogens is 226 g/mol. The molecule has 1 aliphatic rings. The lowest BCUT2D eigenvalue weighted by atomic mass is 9.99. The lowest BCUT2D eigenvalue weighted by Gasteiger charge is -2.20. The first-order valence-corrected chi connectivity index (χ1v) is 6.82. The summed E-state index contributed by atoms with van der Waals surface area (Å²) in [5, 5.41) is 3.35. The molecule has 3 nitrogen and oxygen atoms in total. The van der Waals surface area contributed by atoms with Gasteiger partial charge in [-0.25, -0.2) is 0 Å². The minimum absolute atomic E-state index is 0.0581. The first-order valence-electron chi connectivity index (χ1n) is 6.82. The third kappa shape index (κ3) is 3.55. The van der Waals surface area contributed by atoms with E-state index in [9.17, 15) is 0 Å². The minimum atomic E-state index is -0.0581. The molecule has 0 radical (unpaired) electrons. The molecule has 100 valence electrons. The van der Waals surface area contributed by atoms with Crippen molar-refractivity contribution >= 4 is 0 Å². The Morgan fingerprint density at radius 2 is 2.11 bits per heavy atom. The highest BCUT2D eigenvalue weighted by molar-refractivity contribution is 5.26. The molecule has 1 N–H and O–H groups in total. The average Bonchev–Trinajstić information content (AvgIpc) is 2.89. The molecule has 1 unspecified atom stereocenters. The predicted octanol–water partition coefficient (Wildman–Crippen LogP) is 2.66. The van der Waals surface area contributed by atoms with Crippen molar-refractivity contribution in [3.05, 3.63) is 35.4 Å². The van der Waals surface area contributed by atoms with Crippen LogP contribution in [0.1, 0.15) is 36.9 Å². The molecule has 0 aromatic heterocycles. The molecule has 1 aromatic rings. The molecule has 1 saturated heterocycles. The minimum Gasteiger partial charge on any atom is -0.350 e. The zero-order valence-corrected chi connectivity index (χ0v) is 11.3. The second-order valence-corrected chi connectivity index (χ2v) is 4.74. The van der Waals surface area contributed by atoms with Crippen LogP contribution in [0.2, 0.25) is 0 Å². The summed E-state index contributed by atoms with van der Waals surface area (Å²) in [6, 6.07) is 9.10. The highest BCUT2D eigenvalue weighted by atomic mass is 16.7. The van der Waals surface area contributed by atoms with E-state index in [1.807, 2.05) is 7.05 Å². The Balaban J connectivity index is 2.03. The van der Waals surface area contributed by atoms with Crippen LogP contribution in [-0.4, -0.2) is 26.6 Å². The molecule has 1 aromatic carbocycles. The average molecular weight is 249 g/mol. The van der Waals surface area contributed by atoms with Gasteiger partial charge in [0.2, 0.25) is 0 Å². The number of benzene rings is 1. The second kappa shape index (κ2) is 6.88. The smallest absolute Gasteiger partial charge is 0.159 e. The third-order valence-electron chi connectivity index (χ3n) is 3.36. The van der Waals surface area contributed by atoms with Gasteiger partial charge in [-0.1, -0.05) is 37.6 Å². The van der Waals surface area contributed by atoms with Crippen LogP contribution in [0.3, 0.4) is 0 Å². The quantitative estimate of drug-likeness (QED) is 0.840. The molecule has 0 amide bonds. The van der Waals surface area contributed by atoms with E-state index in [4.69, 9.17) is 9.47 Å². The summed E-state index contributed by atoms with van der Waals surface area (Å²) in [5.74, 6) is 0. The Hall–Kier alpha value is -0.900. The van der Waals surface area contributed by atoms with Gasteiger partial charge in [-0.15, -0.1) is 0 Å². The molecule has 1 fully saturated rings. The van der Waals surface area contributed by atoms with Crippen LogP contribution in [0.15, 0.2) is 24.3 Å². The SMILES string of the molecule is CCCc1cccc(C(CC2OCCO2)NC)c1. The topological polar surface area (TPSA) is 30.5 Å². The molecule has 0 aliphatic carbocycles. The van der Waals surface area contributed by atoms with E-state index >= 15 is 0 Å². The molecule has 1 atom stereocenters. The van der Waals surface area contributed by atoms with Crippen LogP contribution in [-0.2, 0) is 15.9 Å². The van der Waals surface area contributed by atoms with Gasteiger partial charge in [-0.05, 0) is 24.6 Å². The molecule has 0 spiro atoms. The first kappa shape index (κ1) is 13.5. The summed E-state index contributed by atoms with van der Waals surface area (Å²) in [7, 11) is 1.99. The highest BCUT2D eigenvalue weighted by Crippen LogP contribution is 2.23. The van der Waals surface area contributed by atoms with E-state index in [0.717, 1.165) is 26.1 Å². The van der Waals surface area contributed by atoms with E-state index in [-0.39, 0.29) is 6.29 Å². The molecule has 0 bridgehead atoms. The monoisotopic (exact) mass is 249 g/mol. The highest BCUT2D eigenvalue weighted by Gasteiger charge is 2.21. The summed E-state index contributed by atoms with van der Waals surface area (Å²) < 4.78 is 11.0. The van der Waals surface area contributed by atoms with Gasteiger partial charge in [-0.2, -0.15) is 0 Å². The number of hydrogen-bond acceptors (Lipinski definition) is 3. The second-order valence-electron chi connectivity index (χ2n) is 4.74. The predicted molar refractivity (Wildman–Crippen MR) is 72.5 cm³/mol. The van der Waals surface area contributed by atoms with Gasteiger partial charge >= 0.3 is 0 Å². The first-order chi connectivity index (χ1) is 8.83. The zero-order valence-electron chi connectivity index (χ0n) is 11.3. The fourth-order valence-electron chi connectivity index (χ4n) is 2.41. The van der Waals surface area contributed by atoms with Crippen molar-refractivity contribution in [3.63, 3.8) is 0 Å². The number of aryl methyl sites for hydroxylation is 1. The number of rotatable bonds is 6. The van der Waals surface area contributed by atoms with Crippen molar-refractivity contribution in [3.8, 4) is 0 Å². The van der Waals surface area contributed by atoms with Crippen LogP contribution >= 0.6 is 0 Å². The number of nitrogens with one attached hydrogen (secondary N) is 1. The van der Waals surface area contributed by atoms with E-state index in [1.165, 1.54) is 17.5 Å². The Labute approximate surface area is 109 Å². The van der Waals surface area contributed by atoms with Crippen molar-refractivity contribution in [2.24, 2.45) is 0 Å². The lowest BCUT2D eigenvalue weighted by molar-refractivity contribution is -0.0526. The van der Waals surface area contributed by atoms with Crippen molar-refractivity contribution in [1.29, 1.82) is 0 Å². The molecule has 3 heteroatoms. The van der Waals surface area contributed by atoms with E-state index in [2.05, 4.69) is 36.5 Å². The zero-order chi connectivity index (χ0) is 12.8. The Bertz CT molecular complexity index is 361. The van der Waals surface area contributed by atoms with Crippen LogP contribution in [0.5, 0.6) is 0 Å². The maximum Gasteiger partial charge on any atom is 0.159 e. The Morgan fingerprint density at radius 3 is 2.78 bits per heavy atom. The Morgan fingerprint density at radius 1 is 1.33 bits per heavy atom. The molecule has 0 saturated carbocycles. The van der Waals surface area contributed by atoms with Crippen LogP contribution in [0, 0.1) is 0 Å². The summed E-state index contributed by atoms with van der Waals surface area (Å²) >= 11 is 0. The fraction of sp³-hybridized carbons (Fsp3) is 0.600. The van der Waals surface area contributed by atoms with Crippen molar-refractivity contribution in [2.75, 3.05) is 20.3 Å². The molecule has 1 aliphatic heterocycles. The van der Waals surface area contributed by atoms with Crippen LogP contribution < -0.4 is 5.32 Å². The van der Waals surface area contributed by atoms with Gasteiger partial charge in [0.15, 0.2) is 6.29 Å². The van der Waals surface area contributed by atoms with Crippen molar-refractivity contribution in [2.45, 2.75) is 38.5 Å². The standard InChI is InChI=1S/C15H23NO2/c1-3-5-12-6-4-7-13(10-12)14(16-2)11-15-17-8-9-18-15/h4,6-7,10,14-16H,3,5,8-9,11H2,1-2H3. The molecule has 2 rings (SSSR count). The summed E-state index contributed by atoms with van der Waals surface area (Å²) in [6.45, 7) is 3.65. The maximum absolute atomic E-state index is 5.52. The molecule has 1 heterocycles. The van der Waals surface area contributed by atoms with Gasteiger partial charge < -0.3 is 14.8 Å². The van der Waals surface area contributed by atoms with Crippen molar-refractivity contribution in [1.82, 2.24) is 5.32 Å². The fourth-order valence-corrected chi connectivity index (χ4v) is 2.41. The summed E-state index contributed by atoms with van der Waals surface area (Å²) in [6.07, 6.45) is 3.13. The van der Waals surface area contributed by atoms with E-state index in [1.54, 1.807) is 0 Å². The van der Waals surface area contributed by atoms with E-state index < -0.39 is 0 Å². The lowest BCUT2D eigenvalue weighted by Crippen LogP contribution is -2.23. The summed E-state index contributed by atoms with van der Waals surface area (Å²) in [5.41, 5.74) is 2.73. The Kier molecular flexibility index (Phi) is 5.17. The van der Waals surface area contributed by atoms with Crippen LogP contribution in [0.4, 0.5) is 0 Å². The number of ether oxygens (including phenoxy) is 2. The van der Waals surface area contributed by atoms with Crippen LogP contribution in [0.25, 0.3) is 0 Å². The summed E-state index contributed by atoms with van der Waals surface area (Å²) in [4.78, 5) is 0. The molecular formula is C15H23NO2. The molecule has 18 heavy (non-hydrogen) atoms.